The summed E-state index contributed by atoms with van der Waals surface area (Å²) in [5.74, 6) is 0.496. The van der Waals surface area contributed by atoms with Crippen LogP contribution in [-0.4, -0.2) is 63.3 Å². The molecule has 0 radical (unpaired) electrons. The molecule has 0 spiro atoms. The Morgan fingerprint density at radius 3 is 2.94 bits per heavy atom. The summed E-state index contributed by atoms with van der Waals surface area (Å²) in [7, 11) is 0. The molecular weight excluding hydrogens is 394 g/mol. The number of nitrogens with one attached hydrogen (secondary N) is 1. The number of aromatic amines is 1. The largest absolute Gasteiger partial charge is 0.376 e. The molecule has 1 N–H and O–H groups in total. The number of aromatic nitrogens is 3. The fourth-order valence-electron chi connectivity index (χ4n) is 5.90. The Morgan fingerprint density at radius 1 is 1.19 bits per heavy atom. The minimum atomic E-state index is -0.0147. The Morgan fingerprint density at radius 2 is 2.06 bits per heavy atom. The lowest BCUT2D eigenvalue weighted by Gasteiger charge is -2.42. The zero-order valence-corrected chi connectivity index (χ0v) is 17.8. The maximum Gasteiger partial charge on any atom is 0.274 e. The van der Waals surface area contributed by atoms with Crippen molar-refractivity contribution in [3.05, 3.63) is 50.7 Å². The Labute approximate surface area is 181 Å². The minimum absolute atomic E-state index is 0.0147. The van der Waals surface area contributed by atoms with Crippen molar-refractivity contribution in [1.82, 2.24) is 24.6 Å². The van der Waals surface area contributed by atoms with E-state index in [-0.39, 0.29) is 17.4 Å². The fraction of sp³-hybridized carbons (Fsp3) is 0.609. The van der Waals surface area contributed by atoms with Crippen LogP contribution in [0.15, 0.2) is 16.9 Å². The normalized spacial score (nSPS) is 25.4. The number of carbonyl (C=O) groups is 1. The summed E-state index contributed by atoms with van der Waals surface area (Å²) < 4.78 is 7.55. The van der Waals surface area contributed by atoms with Gasteiger partial charge in [-0.15, -0.1) is 0 Å². The van der Waals surface area contributed by atoms with E-state index < -0.39 is 0 Å². The highest BCUT2D eigenvalue weighted by atomic mass is 16.5. The van der Waals surface area contributed by atoms with E-state index in [1.54, 1.807) is 0 Å². The number of hydrogen-bond acceptors (Lipinski definition) is 5. The number of likely N-dealkylation sites (tertiary alicyclic amines) is 2. The Bertz CT molecular complexity index is 1070. The summed E-state index contributed by atoms with van der Waals surface area (Å²) in [4.78, 5) is 30.8. The number of amides is 1. The van der Waals surface area contributed by atoms with E-state index in [1.165, 1.54) is 12.8 Å². The number of hydrogen-bond donors (Lipinski definition) is 1. The maximum absolute atomic E-state index is 13.3. The van der Waals surface area contributed by atoms with E-state index in [9.17, 15) is 9.59 Å². The summed E-state index contributed by atoms with van der Waals surface area (Å²) in [6.45, 7) is 6.07. The molecule has 2 saturated heterocycles. The quantitative estimate of drug-likeness (QED) is 0.809. The Hall–Kier alpha value is -2.45. The van der Waals surface area contributed by atoms with Crippen molar-refractivity contribution in [3.63, 3.8) is 0 Å². The molecule has 1 amide bonds. The van der Waals surface area contributed by atoms with Crippen LogP contribution in [0.5, 0.6) is 0 Å². The molecule has 0 aliphatic carbocycles. The van der Waals surface area contributed by atoms with Gasteiger partial charge in [-0.3, -0.25) is 19.6 Å². The van der Waals surface area contributed by atoms with Crippen LogP contribution >= 0.6 is 0 Å². The second kappa shape index (κ2) is 7.60. The predicted octanol–water partition coefficient (Wildman–Crippen LogP) is 1.50. The van der Waals surface area contributed by atoms with Gasteiger partial charge in [-0.25, -0.2) is 0 Å². The second-order valence-electron chi connectivity index (χ2n) is 9.52. The van der Waals surface area contributed by atoms with E-state index in [4.69, 9.17) is 4.74 Å². The molecule has 2 atom stereocenters. The molecule has 4 aliphatic heterocycles. The summed E-state index contributed by atoms with van der Waals surface area (Å²) in [6, 6.07) is 4.15. The average Bonchev–Trinajstić information content (AvgIpc) is 3.45. The third-order valence-electron chi connectivity index (χ3n) is 7.46. The van der Waals surface area contributed by atoms with Crippen molar-refractivity contribution in [1.29, 1.82) is 0 Å². The number of pyridine rings is 1. The van der Waals surface area contributed by atoms with Gasteiger partial charge in [0.15, 0.2) is 5.69 Å². The van der Waals surface area contributed by atoms with Gasteiger partial charge < -0.3 is 14.2 Å². The molecule has 6 rings (SSSR count). The summed E-state index contributed by atoms with van der Waals surface area (Å²) in [5, 5.41) is 7.36. The molecule has 31 heavy (non-hydrogen) atoms. The van der Waals surface area contributed by atoms with Crippen LogP contribution in [0.25, 0.3) is 0 Å². The molecule has 2 bridgehead atoms. The molecule has 6 heterocycles. The molecule has 8 nitrogen and oxygen atoms in total. The van der Waals surface area contributed by atoms with Gasteiger partial charge in [-0.05, 0) is 44.3 Å². The fourth-order valence-corrected chi connectivity index (χ4v) is 5.90. The summed E-state index contributed by atoms with van der Waals surface area (Å²) >= 11 is 0. The van der Waals surface area contributed by atoms with E-state index in [0.29, 0.717) is 44.5 Å². The lowest BCUT2D eigenvalue weighted by atomic mass is 9.82. The number of nitrogens with zero attached hydrogens (tertiary/aromatic N) is 4. The molecule has 4 aliphatic rings. The topological polar surface area (TPSA) is 83.5 Å². The van der Waals surface area contributed by atoms with Crippen LogP contribution in [0.3, 0.4) is 0 Å². The van der Waals surface area contributed by atoms with Gasteiger partial charge in [-0.2, -0.15) is 5.10 Å². The molecule has 2 fully saturated rings. The highest BCUT2D eigenvalue weighted by Gasteiger charge is 2.38. The third kappa shape index (κ3) is 3.32. The first-order valence-corrected chi connectivity index (χ1v) is 11.6. The highest BCUT2D eigenvalue weighted by Crippen LogP contribution is 2.36. The van der Waals surface area contributed by atoms with Gasteiger partial charge in [-0.1, -0.05) is 6.07 Å². The van der Waals surface area contributed by atoms with E-state index >= 15 is 0 Å². The van der Waals surface area contributed by atoms with Gasteiger partial charge >= 0.3 is 0 Å². The number of H-pyrrole nitrogens is 1. The number of rotatable bonds is 3. The van der Waals surface area contributed by atoms with Crippen LogP contribution in [-0.2, 0) is 30.9 Å². The molecule has 0 saturated carbocycles. The number of carbonyl (C=O) groups excluding carboxylic acids is 1. The SMILES string of the molecule is O=C(c1n[nH]c2c1COCC2)N1C[C@@H]2C[C@H](C1)c1ccc(CN3CCCC3)c(=O)n1C2. The number of ether oxygens (including phenoxy) is 1. The van der Waals surface area contributed by atoms with Gasteiger partial charge in [0.1, 0.15) is 0 Å². The molecule has 2 aromatic heterocycles. The lowest BCUT2D eigenvalue weighted by molar-refractivity contribution is 0.0579. The first-order valence-electron chi connectivity index (χ1n) is 11.6. The van der Waals surface area contributed by atoms with E-state index in [0.717, 1.165) is 55.0 Å². The molecule has 164 valence electrons. The number of fused-ring (bicyclic) bond motifs is 5. The van der Waals surface area contributed by atoms with Crippen molar-refractivity contribution in [2.24, 2.45) is 5.92 Å². The van der Waals surface area contributed by atoms with Crippen molar-refractivity contribution in [2.75, 3.05) is 32.8 Å². The standard InChI is InChI=1S/C23H29N5O3/c29-22-16(12-26-6-1-2-7-26)3-4-20-17-9-15(11-28(20)22)10-27(13-17)23(30)21-18-14-31-8-5-19(18)24-25-21/h3-4,15,17H,1-2,5-14H2,(H,24,25)/t15-,17+/m0/s1. The van der Waals surface area contributed by atoms with Crippen LogP contribution in [0.1, 0.15) is 58.2 Å². The molecule has 2 aromatic rings. The van der Waals surface area contributed by atoms with E-state index in [2.05, 4.69) is 21.2 Å². The summed E-state index contributed by atoms with van der Waals surface area (Å²) in [6.07, 6.45) is 4.27. The zero-order chi connectivity index (χ0) is 20.9. The Kier molecular flexibility index (Phi) is 4.72. The molecule has 0 aromatic carbocycles. The zero-order valence-electron chi connectivity index (χ0n) is 17.8. The first-order chi connectivity index (χ1) is 15.2. The molecule has 8 heteroatoms. The van der Waals surface area contributed by atoms with Gasteiger partial charge in [0.05, 0.1) is 13.2 Å². The van der Waals surface area contributed by atoms with E-state index in [1.807, 2.05) is 15.5 Å². The molecule has 0 unspecified atom stereocenters. The minimum Gasteiger partial charge on any atom is -0.376 e. The van der Waals surface area contributed by atoms with Crippen LogP contribution in [0.4, 0.5) is 0 Å². The Balaban J connectivity index is 1.24. The predicted molar refractivity (Wildman–Crippen MR) is 114 cm³/mol. The maximum atomic E-state index is 13.3. The van der Waals surface area contributed by atoms with Crippen molar-refractivity contribution < 1.29 is 9.53 Å². The average molecular weight is 424 g/mol. The second-order valence-corrected chi connectivity index (χ2v) is 9.52. The van der Waals surface area contributed by atoms with Gasteiger partial charge in [0, 0.05) is 61.0 Å². The van der Waals surface area contributed by atoms with Crippen molar-refractivity contribution in [2.45, 2.75) is 51.3 Å². The first kappa shape index (κ1) is 19.3. The van der Waals surface area contributed by atoms with Crippen LogP contribution in [0, 0.1) is 5.92 Å². The van der Waals surface area contributed by atoms with Gasteiger partial charge in [0.2, 0.25) is 0 Å². The summed E-state index contributed by atoms with van der Waals surface area (Å²) in [5.41, 5.74) is 4.59. The van der Waals surface area contributed by atoms with Crippen LogP contribution < -0.4 is 5.56 Å². The third-order valence-corrected chi connectivity index (χ3v) is 7.46. The van der Waals surface area contributed by atoms with Crippen molar-refractivity contribution in [3.8, 4) is 0 Å². The number of piperidine rings is 1. The van der Waals surface area contributed by atoms with Crippen molar-refractivity contribution >= 4 is 5.91 Å². The monoisotopic (exact) mass is 423 g/mol. The van der Waals surface area contributed by atoms with Gasteiger partial charge in [0.25, 0.3) is 11.5 Å². The highest BCUT2D eigenvalue weighted by molar-refractivity contribution is 5.94. The van der Waals surface area contributed by atoms with Crippen LogP contribution in [0.2, 0.25) is 0 Å². The smallest absolute Gasteiger partial charge is 0.274 e. The lowest BCUT2D eigenvalue weighted by Crippen LogP contribution is -2.49. The molecular formula is C23H29N5O3.